The molecular formula is C22H30N2O5. The van der Waals surface area contributed by atoms with Gasteiger partial charge in [-0.3, -0.25) is 0 Å². The predicted molar refractivity (Wildman–Crippen MR) is 110 cm³/mol. The molecule has 0 aliphatic carbocycles. The number of benzene rings is 1. The van der Waals surface area contributed by atoms with Gasteiger partial charge in [-0.15, -0.1) is 0 Å². The summed E-state index contributed by atoms with van der Waals surface area (Å²) in [7, 11) is 1.65. The van der Waals surface area contributed by atoms with Gasteiger partial charge in [0.1, 0.15) is 5.75 Å². The van der Waals surface area contributed by atoms with Crippen molar-refractivity contribution in [3.8, 4) is 5.75 Å². The number of carbonyl (C=O) groups is 1. The summed E-state index contributed by atoms with van der Waals surface area (Å²) in [6.07, 6.45) is 10.2. The Morgan fingerprint density at radius 1 is 1.28 bits per heavy atom. The van der Waals surface area contributed by atoms with Crippen LogP contribution in [-0.2, 0) is 32.2 Å². The van der Waals surface area contributed by atoms with Crippen LogP contribution >= 0.6 is 0 Å². The molecule has 7 heteroatoms. The van der Waals surface area contributed by atoms with Crippen LogP contribution in [0.15, 0.2) is 55.1 Å². The summed E-state index contributed by atoms with van der Waals surface area (Å²) in [6.45, 7) is 4.41. The summed E-state index contributed by atoms with van der Waals surface area (Å²) in [5.74, 6) is 0.519. The zero-order valence-electron chi connectivity index (χ0n) is 17.2. The Kier molecular flexibility index (Phi) is 10.6. The number of aromatic nitrogens is 2. The maximum Gasteiger partial charge on any atom is 0.330 e. The molecule has 1 heterocycles. The molecular weight excluding hydrogens is 372 g/mol. The average Bonchev–Trinajstić information content (AvgIpc) is 3.24. The molecule has 0 aliphatic heterocycles. The molecule has 0 aliphatic rings. The molecule has 1 aromatic carbocycles. The van der Waals surface area contributed by atoms with Crippen molar-refractivity contribution >= 4 is 5.97 Å². The molecule has 0 saturated heterocycles. The Morgan fingerprint density at radius 2 is 2.10 bits per heavy atom. The standard InChI is InChI=1S/C22H30N2O5/c1-3-28-22(25)7-5-4-6-14-29-21(15-24-13-12-23-18-24)17-27-16-19-8-10-20(26-2)11-9-19/h5,7-13,18,21H,3-4,6,14-17H2,1-2H3/b7-5+. The highest BCUT2D eigenvalue weighted by Crippen LogP contribution is 2.12. The number of hydrogen-bond donors (Lipinski definition) is 0. The Hall–Kier alpha value is -2.64. The summed E-state index contributed by atoms with van der Waals surface area (Å²) >= 11 is 0. The lowest BCUT2D eigenvalue weighted by Crippen LogP contribution is -2.25. The Morgan fingerprint density at radius 3 is 2.79 bits per heavy atom. The molecule has 7 nitrogen and oxygen atoms in total. The number of esters is 1. The van der Waals surface area contributed by atoms with E-state index < -0.39 is 0 Å². The molecule has 1 atom stereocenters. The van der Waals surface area contributed by atoms with Gasteiger partial charge in [0.25, 0.3) is 0 Å². The highest BCUT2D eigenvalue weighted by atomic mass is 16.5. The lowest BCUT2D eigenvalue weighted by molar-refractivity contribution is -0.137. The fraction of sp³-hybridized carbons (Fsp3) is 0.455. The van der Waals surface area contributed by atoms with Crippen LogP contribution in [0.25, 0.3) is 0 Å². The highest BCUT2D eigenvalue weighted by Gasteiger charge is 2.11. The molecule has 1 unspecified atom stereocenters. The normalized spacial score (nSPS) is 12.2. The van der Waals surface area contributed by atoms with Gasteiger partial charge in [0.2, 0.25) is 0 Å². The van der Waals surface area contributed by atoms with Gasteiger partial charge >= 0.3 is 5.97 Å². The summed E-state index contributed by atoms with van der Waals surface area (Å²) in [4.78, 5) is 15.3. The van der Waals surface area contributed by atoms with Crippen molar-refractivity contribution < 1.29 is 23.7 Å². The van der Waals surface area contributed by atoms with E-state index in [1.807, 2.05) is 41.1 Å². The zero-order valence-corrected chi connectivity index (χ0v) is 17.2. The Bertz CT molecular complexity index is 713. The molecule has 29 heavy (non-hydrogen) atoms. The van der Waals surface area contributed by atoms with Crippen LogP contribution in [0.5, 0.6) is 5.75 Å². The Balaban J connectivity index is 1.73. The molecule has 0 radical (unpaired) electrons. The summed E-state index contributed by atoms with van der Waals surface area (Å²) < 4.78 is 23.9. The van der Waals surface area contributed by atoms with Crippen LogP contribution in [-0.4, -0.2) is 48.6 Å². The quantitative estimate of drug-likeness (QED) is 0.274. The molecule has 0 spiro atoms. The van der Waals surface area contributed by atoms with Crippen LogP contribution in [0, 0.1) is 0 Å². The number of methoxy groups -OCH3 is 1. The van der Waals surface area contributed by atoms with Crippen molar-refractivity contribution in [3.05, 3.63) is 60.7 Å². The molecule has 158 valence electrons. The monoisotopic (exact) mass is 402 g/mol. The predicted octanol–water partition coefficient (Wildman–Crippen LogP) is 3.39. The average molecular weight is 402 g/mol. The van der Waals surface area contributed by atoms with Crippen molar-refractivity contribution in [1.29, 1.82) is 0 Å². The zero-order chi connectivity index (χ0) is 20.7. The molecule has 0 N–H and O–H groups in total. The van der Waals surface area contributed by atoms with E-state index in [0.29, 0.717) is 33.0 Å². The lowest BCUT2D eigenvalue weighted by Gasteiger charge is -2.18. The first-order valence-electron chi connectivity index (χ1n) is 9.82. The summed E-state index contributed by atoms with van der Waals surface area (Å²) in [5.41, 5.74) is 1.08. The van der Waals surface area contributed by atoms with Crippen molar-refractivity contribution in [1.82, 2.24) is 9.55 Å². The maximum atomic E-state index is 11.3. The first-order chi connectivity index (χ1) is 14.2. The van der Waals surface area contributed by atoms with Gasteiger partial charge in [-0.1, -0.05) is 18.2 Å². The van der Waals surface area contributed by atoms with Gasteiger partial charge in [0.15, 0.2) is 0 Å². The molecule has 0 bridgehead atoms. The minimum atomic E-state index is -0.307. The topological polar surface area (TPSA) is 71.8 Å². The second-order valence-corrected chi connectivity index (χ2v) is 6.41. The number of rotatable bonds is 14. The van der Waals surface area contributed by atoms with Crippen molar-refractivity contribution in [2.45, 2.75) is 39.0 Å². The van der Waals surface area contributed by atoms with Gasteiger partial charge in [0, 0.05) is 25.1 Å². The lowest BCUT2D eigenvalue weighted by atomic mass is 10.2. The highest BCUT2D eigenvalue weighted by molar-refractivity contribution is 5.81. The summed E-state index contributed by atoms with van der Waals surface area (Å²) in [6, 6.07) is 7.81. The number of imidazole rings is 1. The Labute approximate surface area is 172 Å². The molecule has 2 rings (SSSR count). The van der Waals surface area contributed by atoms with Gasteiger partial charge in [-0.2, -0.15) is 0 Å². The minimum Gasteiger partial charge on any atom is -0.497 e. The van der Waals surface area contributed by atoms with E-state index in [1.54, 1.807) is 26.6 Å². The van der Waals surface area contributed by atoms with Gasteiger partial charge in [0.05, 0.1) is 45.9 Å². The minimum absolute atomic E-state index is 0.0866. The molecule has 2 aromatic rings. The first-order valence-corrected chi connectivity index (χ1v) is 9.82. The third-order valence-corrected chi connectivity index (χ3v) is 4.11. The van der Waals surface area contributed by atoms with E-state index in [0.717, 1.165) is 24.2 Å². The van der Waals surface area contributed by atoms with Gasteiger partial charge < -0.3 is 23.5 Å². The van der Waals surface area contributed by atoms with Gasteiger partial charge in [-0.25, -0.2) is 9.78 Å². The third-order valence-electron chi connectivity index (χ3n) is 4.11. The number of nitrogens with zero attached hydrogens (tertiary/aromatic N) is 2. The SMILES string of the molecule is CCOC(=O)/C=C/CCCOC(COCc1ccc(OC)cc1)Cn1ccnc1. The van der Waals surface area contributed by atoms with Crippen molar-refractivity contribution in [3.63, 3.8) is 0 Å². The van der Waals surface area contributed by atoms with Crippen molar-refractivity contribution in [2.75, 3.05) is 26.9 Å². The van der Waals surface area contributed by atoms with E-state index >= 15 is 0 Å². The molecule has 0 fully saturated rings. The number of hydrogen-bond acceptors (Lipinski definition) is 6. The molecule has 1 aromatic heterocycles. The number of carbonyl (C=O) groups excluding carboxylic acids is 1. The maximum absolute atomic E-state index is 11.3. The molecule has 0 saturated carbocycles. The number of ether oxygens (including phenoxy) is 4. The van der Waals surface area contributed by atoms with Crippen LogP contribution in [0.1, 0.15) is 25.3 Å². The van der Waals surface area contributed by atoms with Crippen molar-refractivity contribution in [2.24, 2.45) is 0 Å². The van der Waals surface area contributed by atoms with Crippen LogP contribution in [0.2, 0.25) is 0 Å². The number of unbranched alkanes of at least 4 members (excludes halogenated alkanes) is 1. The number of allylic oxidation sites excluding steroid dienone is 1. The van der Waals surface area contributed by atoms with E-state index in [-0.39, 0.29) is 12.1 Å². The fourth-order valence-corrected chi connectivity index (χ4v) is 2.63. The van der Waals surface area contributed by atoms with E-state index in [4.69, 9.17) is 18.9 Å². The molecule has 0 amide bonds. The van der Waals surface area contributed by atoms with Crippen LogP contribution in [0.3, 0.4) is 0 Å². The van der Waals surface area contributed by atoms with E-state index in [1.165, 1.54) is 6.08 Å². The second-order valence-electron chi connectivity index (χ2n) is 6.41. The van der Waals surface area contributed by atoms with E-state index in [9.17, 15) is 4.79 Å². The second kappa shape index (κ2) is 13.5. The van der Waals surface area contributed by atoms with Gasteiger partial charge in [-0.05, 0) is 37.5 Å². The van der Waals surface area contributed by atoms with Crippen LogP contribution < -0.4 is 4.74 Å². The fourth-order valence-electron chi connectivity index (χ4n) is 2.63. The smallest absolute Gasteiger partial charge is 0.330 e. The third kappa shape index (κ3) is 9.40. The summed E-state index contributed by atoms with van der Waals surface area (Å²) in [5, 5.41) is 0. The van der Waals surface area contributed by atoms with E-state index in [2.05, 4.69) is 4.98 Å². The first kappa shape index (κ1) is 22.6. The van der Waals surface area contributed by atoms with Crippen LogP contribution in [0.4, 0.5) is 0 Å². The largest absolute Gasteiger partial charge is 0.497 e.